The molecule has 0 fully saturated rings. The molecule has 140 valence electrons. The molecule has 0 bridgehead atoms. The van der Waals surface area contributed by atoms with Crippen LogP contribution in [0.3, 0.4) is 0 Å². The molecule has 4 N–H and O–H groups in total. The number of aliphatic hydroxyl groups is 1. The number of aliphatic carboxylic acids is 1. The molecule has 0 saturated carbocycles. The summed E-state index contributed by atoms with van der Waals surface area (Å²) in [5.74, 6) is -2.79. The van der Waals surface area contributed by atoms with Crippen LogP contribution >= 0.6 is 0 Å². The Bertz CT molecular complexity index is 658. The molecule has 1 aromatic carbocycles. The molecule has 0 aliphatic carbocycles. The minimum absolute atomic E-state index is 0.0239. The summed E-state index contributed by atoms with van der Waals surface area (Å²) in [6, 6.07) is 8.04. The van der Waals surface area contributed by atoms with Crippen molar-refractivity contribution >= 4 is 18.0 Å². The number of hydrogen-bond donors (Lipinski definition) is 4. The molecule has 0 radical (unpaired) electrons. The molecule has 9 nitrogen and oxygen atoms in total. The Hall–Kier alpha value is -3.12. The SMILES string of the molecule is C[C@@H](C#N)C[C@H](NC(=O)[C@H](CO)NC(=O)OCc1ccccc1)C(=O)O. The predicted molar refractivity (Wildman–Crippen MR) is 89.6 cm³/mol. The van der Waals surface area contributed by atoms with Crippen molar-refractivity contribution in [1.82, 2.24) is 10.6 Å². The number of amides is 2. The largest absolute Gasteiger partial charge is 0.480 e. The van der Waals surface area contributed by atoms with Crippen LogP contribution in [0.1, 0.15) is 18.9 Å². The first-order chi connectivity index (χ1) is 12.4. The number of carbonyl (C=O) groups excluding carboxylic acids is 2. The summed E-state index contributed by atoms with van der Waals surface area (Å²) in [4.78, 5) is 35.0. The molecule has 0 unspecified atom stereocenters. The lowest BCUT2D eigenvalue weighted by atomic mass is 10.0. The van der Waals surface area contributed by atoms with E-state index in [1.54, 1.807) is 24.3 Å². The summed E-state index contributed by atoms with van der Waals surface area (Å²) in [6.45, 7) is 0.751. The Morgan fingerprint density at radius 1 is 1.19 bits per heavy atom. The van der Waals surface area contributed by atoms with E-state index in [1.807, 2.05) is 12.1 Å². The van der Waals surface area contributed by atoms with Crippen molar-refractivity contribution in [2.45, 2.75) is 32.0 Å². The van der Waals surface area contributed by atoms with Crippen molar-refractivity contribution in [3.63, 3.8) is 0 Å². The van der Waals surface area contributed by atoms with E-state index in [0.717, 1.165) is 5.56 Å². The first-order valence-corrected chi connectivity index (χ1v) is 7.88. The van der Waals surface area contributed by atoms with Gasteiger partial charge in [-0.1, -0.05) is 30.3 Å². The first kappa shape index (κ1) is 20.9. The van der Waals surface area contributed by atoms with Crippen molar-refractivity contribution in [1.29, 1.82) is 5.26 Å². The minimum atomic E-state index is -1.38. The summed E-state index contributed by atoms with van der Waals surface area (Å²) in [5.41, 5.74) is 0.740. The third-order valence-corrected chi connectivity index (χ3v) is 3.43. The number of nitrogens with one attached hydrogen (secondary N) is 2. The van der Waals surface area contributed by atoms with Gasteiger partial charge in [0.05, 0.1) is 12.7 Å². The molecule has 3 atom stereocenters. The molecule has 0 saturated heterocycles. The second-order valence-corrected chi connectivity index (χ2v) is 5.61. The number of carbonyl (C=O) groups is 3. The Labute approximate surface area is 150 Å². The normalized spacial score (nSPS) is 13.6. The molecule has 0 aromatic heterocycles. The number of rotatable bonds is 9. The van der Waals surface area contributed by atoms with Gasteiger partial charge in [-0.3, -0.25) is 4.79 Å². The molecule has 0 aliphatic heterocycles. The fourth-order valence-corrected chi connectivity index (χ4v) is 2.00. The van der Waals surface area contributed by atoms with E-state index >= 15 is 0 Å². The molecule has 0 heterocycles. The van der Waals surface area contributed by atoms with E-state index < -0.39 is 42.6 Å². The summed E-state index contributed by atoms with van der Waals surface area (Å²) < 4.78 is 4.94. The number of benzene rings is 1. The van der Waals surface area contributed by atoms with Gasteiger partial charge in [0, 0.05) is 5.92 Å². The summed E-state index contributed by atoms with van der Waals surface area (Å²) in [5, 5.41) is 31.5. The molecule has 9 heteroatoms. The van der Waals surface area contributed by atoms with Crippen LogP contribution in [0.15, 0.2) is 30.3 Å². The average molecular weight is 363 g/mol. The Kier molecular flexibility index (Phi) is 8.60. The smallest absolute Gasteiger partial charge is 0.408 e. The Morgan fingerprint density at radius 3 is 2.38 bits per heavy atom. The summed E-state index contributed by atoms with van der Waals surface area (Å²) >= 11 is 0. The zero-order chi connectivity index (χ0) is 19.5. The highest BCUT2D eigenvalue weighted by Gasteiger charge is 2.27. The van der Waals surface area contributed by atoms with E-state index in [9.17, 15) is 19.5 Å². The van der Waals surface area contributed by atoms with E-state index in [4.69, 9.17) is 15.1 Å². The highest BCUT2D eigenvalue weighted by Crippen LogP contribution is 2.06. The minimum Gasteiger partial charge on any atom is -0.480 e. The third kappa shape index (κ3) is 7.19. The van der Waals surface area contributed by atoms with Gasteiger partial charge in [0.2, 0.25) is 5.91 Å². The topological polar surface area (TPSA) is 149 Å². The van der Waals surface area contributed by atoms with E-state index in [-0.39, 0.29) is 13.0 Å². The maximum absolute atomic E-state index is 12.1. The van der Waals surface area contributed by atoms with Crippen LogP contribution in [0.4, 0.5) is 4.79 Å². The standard InChI is InChI=1S/C17H21N3O6/c1-11(8-18)7-13(16(23)24)19-15(22)14(9-21)20-17(25)26-10-12-5-3-2-4-6-12/h2-6,11,13-14,21H,7,9-10H2,1H3,(H,19,22)(H,20,25)(H,23,24)/t11-,13+,14+/m1/s1. The van der Waals surface area contributed by atoms with Crippen LogP contribution in [-0.2, 0) is 20.9 Å². The summed E-state index contributed by atoms with van der Waals surface area (Å²) in [6.07, 6.45) is -1.03. The van der Waals surface area contributed by atoms with E-state index in [1.165, 1.54) is 6.92 Å². The van der Waals surface area contributed by atoms with Crippen LogP contribution < -0.4 is 10.6 Å². The van der Waals surface area contributed by atoms with Crippen LogP contribution in [0.2, 0.25) is 0 Å². The number of carboxylic acid groups (broad SMARTS) is 1. The van der Waals surface area contributed by atoms with Crippen molar-refractivity contribution in [2.75, 3.05) is 6.61 Å². The lowest BCUT2D eigenvalue weighted by molar-refractivity contribution is -0.142. The maximum Gasteiger partial charge on any atom is 0.408 e. The predicted octanol–water partition coefficient (Wildman–Crippen LogP) is 0.393. The number of ether oxygens (including phenoxy) is 1. The highest BCUT2D eigenvalue weighted by molar-refractivity contribution is 5.89. The molecule has 26 heavy (non-hydrogen) atoms. The molecular formula is C17H21N3O6. The number of carboxylic acids is 1. The second-order valence-electron chi connectivity index (χ2n) is 5.61. The molecule has 2 amide bonds. The lowest BCUT2D eigenvalue weighted by Crippen LogP contribution is -2.53. The van der Waals surface area contributed by atoms with Crippen LogP contribution in [-0.4, -0.2) is 46.9 Å². The van der Waals surface area contributed by atoms with Crippen molar-refractivity contribution < 1.29 is 29.3 Å². The van der Waals surface area contributed by atoms with Gasteiger partial charge in [-0.2, -0.15) is 5.26 Å². The van der Waals surface area contributed by atoms with E-state index in [0.29, 0.717) is 0 Å². The van der Waals surface area contributed by atoms with Crippen LogP contribution in [0, 0.1) is 17.2 Å². The maximum atomic E-state index is 12.1. The van der Waals surface area contributed by atoms with Crippen LogP contribution in [0.25, 0.3) is 0 Å². The zero-order valence-corrected chi connectivity index (χ0v) is 14.2. The summed E-state index contributed by atoms with van der Waals surface area (Å²) in [7, 11) is 0. The monoisotopic (exact) mass is 363 g/mol. The molecule has 0 aliphatic rings. The molecule has 1 aromatic rings. The number of nitriles is 1. The number of hydrogen-bond acceptors (Lipinski definition) is 6. The fraction of sp³-hybridized carbons (Fsp3) is 0.412. The zero-order valence-electron chi connectivity index (χ0n) is 14.2. The van der Waals surface area contributed by atoms with Gasteiger partial charge in [-0.15, -0.1) is 0 Å². The van der Waals surface area contributed by atoms with Gasteiger partial charge in [0.25, 0.3) is 0 Å². The number of aliphatic hydroxyl groups excluding tert-OH is 1. The third-order valence-electron chi connectivity index (χ3n) is 3.43. The van der Waals surface area contributed by atoms with Gasteiger partial charge in [-0.25, -0.2) is 9.59 Å². The number of nitrogens with zero attached hydrogens (tertiary/aromatic N) is 1. The van der Waals surface area contributed by atoms with E-state index in [2.05, 4.69) is 10.6 Å². The van der Waals surface area contributed by atoms with Gasteiger partial charge in [0.1, 0.15) is 18.7 Å². The fourth-order valence-electron chi connectivity index (χ4n) is 2.00. The van der Waals surface area contributed by atoms with Gasteiger partial charge in [-0.05, 0) is 18.9 Å². The van der Waals surface area contributed by atoms with Gasteiger partial charge >= 0.3 is 12.1 Å². The molecular weight excluding hydrogens is 342 g/mol. The number of alkyl carbamates (subject to hydrolysis) is 1. The Balaban J connectivity index is 2.57. The quantitative estimate of drug-likeness (QED) is 0.496. The van der Waals surface area contributed by atoms with Gasteiger partial charge < -0.3 is 25.6 Å². The van der Waals surface area contributed by atoms with Crippen LogP contribution in [0.5, 0.6) is 0 Å². The molecule has 0 spiro atoms. The second kappa shape index (κ2) is 10.7. The first-order valence-electron chi connectivity index (χ1n) is 7.88. The van der Waals surface area contributed by atoms with Crippen molar-refractivity contribution in [2.24, 2.45) is 5.92 Å². The highest BCUT2D eigenvalue weighted by atomic mass is 16.5. The average Bonchev–Trinajstić information content (AvgIpc) is 2.64. The van der Waals surface area contributed by atoms with Crippen molar-refractivity contribution in [3.8, 4) is 6.07 Å². The lowest BCUT2D eigenvalue weighted by Gasteiger charge is -2.20. The molecule has 1 rings (SSSR count). The van der Waals surface area contributed by atoms with Crippen molar-refractivity contribution in [3.05, 3.63) is 35.9 Å². The van der Waals surface area contributed by atoms with Gasteiger partial charge in [0.15, 0.2) is 0 Å². The Morgan fingerprint density at radius 2 is 1.85 bits per heavy atom.